The van der Waals surface area contributed by atoms with Gasteiger partial charge < -0.3 is 24.4 Å². The Morgan fingerprint density at radius 2 is 1.93 bits per heavy atom. The molecule has 1 amide bonds. The number of benzene rings is 2. The third-order valence-corrected chi connectivity index (χ3v) is 9.53. The predicted octanol–water partition coefficient (Wildman–Crippen LogP) is 5.88. The van der Waals surface area contributed by atoms with E-state index in [2.05, 4.69) is 10.3 Å². The van der Waals surface area contributed by atoms with Crippen LogP contribution in [0.25, 0.3) is 0 Å². The average molecular weight is 623 g/mol. The highest BCUT2D eigenvalue weighted by atomic mass is 35.5. The van der Waals surface area contributed by atoms with Gasteiger partial charge in [-0.3, -0.25) is 0 Å². The van der Waals surface area contributed by atoms with Crippen molar-refractivity contribution in [1.82, 2.24) is 9.88 Å². The summed E-state index contributed by atoms with van der Waals surface area (Å²) in [4.78, 5) is 18.5. The number of hydrogen-bond acceptors (Lipinski definition) is 9. The summed E-state index contributed by atoms with van der Waals surface area (Å²) >= 11 is 7.83. The van der Waals surface area contributed by atoms with E-state index < -0.39 is 15.6 Å². The molecule has 2 unspecified atom stereocenters. The maximum absolute atomic E-state index is 13.9. The van der Waals surface area contributed by atoms with Gasteiger partial charge in [-0.05, 0) is 57.0 Å². The number of carbonyl (C=O) groups excluding carboxylic acids is 1. The molecular weight excluding hydrogens is 588 g/mol. The minimum Gasteiger partial charge on any atom is -0.497 e. The summed E-state index contributed by atoms with van der Waals surface area (Å²) in [6, 6.07) is 9.71. The van der Waals surface area contributed by atoms with Crippen molar-refractivity contribution in [2.75, 3.05) is 36.9 Å². The maximum atomic E-state index is 13.9. The first kappa shape index (κ1) is 30.7. The molecule has 1 N–H and O–H groups in total. The summed E-state index contributed by atoms with van der Waals surface area (Å²) in [7, 11) is -0.998. The van der Waals surface area contributed by atoms with Crippen molar-refractivity contribution in [1.29, 1.82) is 0 Å². The Kier molecular flexibility index (Phi) is 9.25. The minimum absolute atomic E-state index is 0.0132. The van der Waals surface area contributed by atoms with E-state index in [-0.39, 0.29) is 34.5 Å². The van der Waals surface area contributed by atoms with E-state index >= 15 is 0 Å². The number of thiazole rings is 1. The van der Waals surface area contributed by atoms with Gasteiger partial charge in [0.1, 0.15) is 17.1 Å². The van der Waals surface area contributed by atoms with E-state index in [0.29, 0.717) is 41.0 Å². The minimum atomic E-state index is -4.06. The molecule has 2 aromatic carbocycles. The molecule has 0 aliphatic carbocycles. The van der Waals surface area contributed by atoms with E-state index in [1.807, 2.05) is 27.7 Å². The number of ether oxygens (including phenoxy) is 3. The van der Waals surface area contributed by atoms with E-state index in [0.717, 1.165) is 0 Å². The maximum Gasteiger partial charge on any atom is 0.410 e. The Bertz CT molecular complexity index is 1480. The number of likely N-dealkylation sites (tertiary alicyclic amines) is 1. The highest BCUT2D eigenvalue weighted by molar-refractivity contribution is 7.93. The number of aromatic nitrogens is 1. The third-order valence-electron chi connectivity index (χ3n) is 6.57. The van der Waals surface area contributed by atoms with Crippen LogP contribution in [0.2, 0.25) is 5.02 Å². The number of hydrogen-bond donors (Lipinski definition) is 1. The summed E-state index contributed by atoms with van der Waals surface area (Å²) in [5, 5.41) is 5.65. The van der Waals surface area contributed by atoms with Crippen LogP contribution in [0.15, 0.2) is 52.9 Å². The molecule has 3 aromatic rings. The third kappa shape index (κ3) is 7.17. The van der Waals surface area contributed by atoms with Crippen LogP contribution in [0.3, 0.4) is 0 Å². The van der Waals surface area contributed by atoms with Crippen molar-refractivity contribution in [3.63, 3.8) is 0 Å². The normalized spacial score (nSPS) is 17.3. The van der Waals surface area contributed by atoms with Gasteiger partial charge in [-0.15, -0.1) is 11.3 Å². The van der Waals surface area contributed by atoms with Crippen molar-refractivity contribution in [3.05, 3.63) is 58.6 Å². The smallest absolute Gasteiger partial charge is 0.410 e. The Hall–Kier alpha value is -3.22. The van der Waals surface area contributed by atoms with Crippen molar-refractivity contribution in [3.8, 4) is 11.5 Å². The number of amides is 1. The molecule has 10 nitrogen and oxygen atoms in total. The molecule has 0 bridgehead atoms. The van der Waals surface area contributed by atoms with Crippen LogP contribution in [0.4, 0.5) is 15.6 Å². The van der Waals surface area contributed by atoms with Crippen molar-refractivity contribution in [2.24, 2.45) is 5.92 Å². The molecular formula is C28H35ClN4O6S2. The number of rotatable bonds is 9. The van der Waals surface area contributed by atoms with Crippen LogP contribution < -0.4 is 19.1 Å². The monoisotopic (exact) mass is 622 g/mol. The molecule has 4 rings (SSSR count). The lowest BCUT2D eigenvalue weighted by atomic mass is 10.1. The summed E-state index contributed by atoms with van der Waals surface area (Å²) < 4.78 is 45.4. The van der Waals surface area contributed by atoms with Gasteiger partial charge in [-0.25, -0.2) is 22.5 Å². The molecule has 2 heterocycles. The highest BCUT2D eigenvalue weighted by Gasteiger charge is 2.35. The molecule has 41 heavy (non-hydrogen) atoms. The van der Waals surface area contributed by atoms with Crippen LogP contribution in [0, 0.1) is 5.92 Å². The number of carbonyl (C=O) groups is 1. The zero-order valence-corrected chi connectivity index (χ0v) is 26.3. The quantitative estimate of drug-likeness (QED) is 0.315. The summed E-state index contributed by atoms with van der Waals surface area (Å²) in [5.74, 6) is 1.21. The summed E-state index contributed by atoms with van der Waals surface area (Å²) in [6.45, 7) is 8.49. The molecule has 1 saturated heterocycles. The first-order valence-corrected chi connectivity index (χ1v) is 15.7. The Morgan fingerprint density at radius 1 is 1.17 bits per heavy atom. The zero-order valence-electron chi connectivity index (χ0n) is 23.9. The number of nitrogens with one attached hydrogen (secondary N) is 1. The van der Waals surface area contributed by atoms with E-state index in [1.165, 1.54) is 34.9 Å². The Morgan fingerprint density at radius 3 is 2.54 bits per heavy atom. The molecule has 0 saturated carbocycles. The van der Waals surface area contributed by atoms with Crippen LogP contribution in [-0.2, 0) is 21.3 Å². The van der Waals surface area contributed by atoms with Crippen LogP contribution in [0.5, 0.6) is 11.5 Å². The molecule has 13 heteroatoms. The fourth-order valence-corrected chi connectivity index (χ4v) is 7.06. The van der Waals surface area contributed by atoms with Gasteiger partial charge in [0, 0.05) is 42.3 Å². The van der Waals surface area contributed by atoms with Crippen LogP contribution >= 0.6 is 22.9 Å². The Balaban J connectivity index is 1.56. The van der Waals surface area contributed by atoms with Crippen LogP contribution in [-0.4, -0.2) is 63.3 Å². The lowest BCUT2D eigenvalue weighted by Gasteiger charge is -2.25. The molecule has 1 aliphatic heterocycles. The molecule has 1 aliphatic rings. The number of methoxy groups -OCH3 is 2. The zero-order chi connectivity index (χ0) is 29.9. The second-order valence-electron chi connectivity index (χ2n) is 10.8. The van der Waals surface area contributed by atoms with Crippen molar-refractivity contribution in [2.45, 2.75) is 50.8 Å². The SMILES string of the molecule is COc1ccc(CN(c2nccs2)S(=O)(=O)c2ccc(NC3CN(C(=O)OC(C)(C)C)CC3C)c(Cl)c2)c(OC)c1. The first-order valence-electron chi connectivity index (χ1n) is 13.0. The van der Waals surface area contributed by atoms with Crippen molar-refractivity contribution >= 4 is 49.9 Å². The van der Waals surface area contributed by atoms with Gasteiger partial charge >= 0.3 is 6.09 Å². The molecule has 0 radical (unpaired) electrons. The number of sulfonamides is 1. The first-order chi connectivity index (χ1) is 19.3. The van der Waals surface area contributed by atoms with E-state index in [9.17, 15) is 13.2 Å². The van der Waals surface area contributed by atoms with Gasteiger partial charge in [0.25, 0.3) is 10.0 Å². The van der Waals surface area contributed by atoms with Gasteiger partial charge in [0.2, 0.25) is 0 Å². The Labute approximate surface area is 250 Å². The van der Waals surface area contributed by atoms with Gasteiger partial charge in [0.15, 0.2) is 5.13 Å². The van der Waals surface area contributed by atoms with E-state index in [4.69, 9.17) is 25.8 Å². The number of nitrogens with zero attached hydrogens (tertiary/aromatic N) is 3. The molecule has 1 aromatic heterocycles. The fourth-order valence-electron chi connectivity index (χ4n) is 4.46. The summed E-state index contributed by atoms with van der Waals surface area (Å²) in [6.07, 6.45) is 1.19. The molecule has 1 fully saturated rings. The van der Waals surface area contributed by atoms with E-state index in [1.54, 1.807) is 47.9 Å². The largest absolute Gasteiger partial charge is 0.497 e. The summed E-state index contributed by atoms with van der Waals surface area (Å²) in [5.41, 5.74) is 0.633. The average Bonchev–Trinajstić information content (AvgIpc) is 3.57. The standard InChI is InChI=1S/C28H35ClN4O6S2/c1-18-15-32(27(34)39-28(2,3)4)17-24(18)31-23-10-9-21(14-22(23)29)41(35,36)33(26-30-11-12-40-26)16-19-7-8-20(37-5)13-25(19)38-6/h7-14,18,24,31H,15-17H2,1-6H3. The predicted molar refractivity (Wildman–Crippen MR) is 161 cm³/mol. The number of halogens is 1. The second-order valence-corrected chi connectivity index (χ2v) is 13.9. The molecule has 2 atom stereocenters. The van der Waals surface area contributed by atoms with Gasteiger partial charge in [-0.1, -0.05) is 18.5 Å². The lowest BCUT2D eigenvalue weighted by molar-refractivity contribution is 0.0288. The van der Waals surface area contributed by atoms with Gasteiger partial charge in [-0.2, -0.15) is 0 Å². The van der Waals surface area contributed by atoms with Crippen LogP contribution in [0.1, 0.15) is 33.3 Å². The van der Waals surface area contributed by atoms with Crippen molar-refractivity contribution < 1.29 is 27.4 Å². The molecule has 0 spiro atoms. The lowest BCUT2D eigenvalue weighted by Crippen LogP contribution is -2.36. The van der Waals surface area contributed by atoms with Gasteiger partial charge in [0.05, 0.1) is 36.4 Å². The highest BCUT2D eigenvalue weighted by Crippen LogP contribution is 2.35. The fraction of sp³-hybridized carbons (Fsp3) is 0.429. The number of anilines is 2. The second kappa shape index (κ2) is 12.3. The topological polar surface area (TPSA) is 110 Å². The molecule has 222 valence electrons.